The molecule has 0 N–H and O–H groups in total. The molecular weight excluding hydrogens is 1640 g/mol. The molecule has 0 fully saturated rings. The van der Waals surface area contributed by atoms with Gasteiger partial charge in [-0.3, -0.25) is 0 Å². The van der Waals surface area contributed by atoms with E-state index in [1.165, 1.54) is 241 Å². The Balaban J connectivity index is 0.000000162. The maximum absolute atomic E-state index is 2.55. The summed E-state index contributed by atoms with van der Waals surface area (Å²) >= 11 is 0. The lowest BCUT2D eigenvalue weighted by atomic mass is 9.94. The third-order valence-corrected chi connectivity index (χ3v) is 25.9. The molecule has 0 atom stereocenters. The highest BCUT2D eigenvalue weighted by molar-refractivity contribution is 6.29. The molecule has 4 heterocycles. The van der Waals surface area contributed by atoms with Gasteiger partial charge in [0.15, 0.2) is 0 Å². The Kier molecular flexibility index (Phi) is 37.0. The van der Waals surface area contributed by atoms with Crippen LogP contribution in [0.15, 0.2) is 315 Å². The number of aryl methyl sites for hydroxylation is 4. The van der Waals surface area contributed by atoms with Crippen molar-refractivity contribution >= 4 is 152 Å². The second kappa shape index (κ2) is 48.8. The van der Waals surface area contributed by atoms with Gasteiger partial charge in [0.05, 0.1) is 22.1 Å². The number of benzene rings is 18. The predicted octanol–water partition coefficient (Wildman–Crippen LogP) is 40.8. The van der Waals surface area contributed by atoms with Crippen molar-refractivity contribution in [2.45, 2.75) is 246 Å². The first-order valence-corrected chi connectivity index (χ1v) is 52.4. The van der Waals surface area contributed by atoms with Crippen molar-refractivity contribution in [3.63, 3.8) is 0 Å². The van der Waals surface area contributed by atoms with E-state index in [-0.39, 0.29) is 0 Å². The van der Waals surface area contributed by atoms with Gasteiger partial charge in [0.25, 0.3) is 0 Å². The molecule has 4 heteroatoms. The maximum atomic E-state index is 2.55. The molecule has 0 bridgehead atoms. The van der Waals surface area contributed by atoms with E-state index in [0.717, 1.165) is 51.9 Å². The summed E-state index contributed by atoms with van der Waals surface area (Å²) in [7, 11) is 0. The largest absolute Gasteiger partial charge is 0.340 e. The molecule has 4 aromatic heterocycles. The zero-order chi connectivity index (χ0) is 98.1. The average molecular weight is 1790 g/mol. The third kappa shape index (κ3) is 18.3. The van der Waals surface area contributed by atoms with Crippen LogP contribution >= 0.6 is 0 Å². The standard InChI is InChI=1S/2C29H21N.2C25H19N.12C2H6/c1-2-30-26-17-19-10-4-3-9-18(19)15-25(26)28-23-14-8-7-13-22(23)24-16-20-11-5-6-12-21(20)27(24)29(28)30;1-2-30-26-14-8-7-13-23(26)27-22-12-6-5-11-21(22)25-17-20-15-18-9-3-4-10-19(18)16-24(20)28(25)29(27)30;1-2-26-23-10-6-5-9-20(23)21-12-11-18-14-19-13-16-7-3-4-8-17(16)15-22(19)24(18)25(21)26;1-2-26-22-10-6-5-9-20(22)21-14-13-18-15-17-12-11-16-7-3-4-8-19(16)23(17)24(18)25(21)26;12*1-2/h3-15,17H,2,16H2,1H3;3-16H,2,17H2,1H3;3-13,15H,2,14H2,1H3;3-14H,2,15H2,1H3;12*1-2H3. The van der Waals surface area contributed by atoms with Crippen molar-refractivity contribution in [3.05, 3.63) is 360 Å². The van der Waals surface area contributed by atoms with E-state index in [1.807, 2.05) is 166 Å². The van der Waals surface area contributed by atoms with Crippen LogP contribution in [0.1, 0.15) is 238 Å². The predicted molar refractivity (Wildman–Crippen MR) is 615 cm³/mol. The number of hydrogen-bond acceptors (Lipinski definition) is 0. The molecule has 136 heavy (non-hydrogen) atoms. The molecule has 26 rings (SSSR count). The Labute approximate surface area is 814 Å². The van der Waals surface area contributed by atoms with Crippen LogP contribution in [0.5, 0.6) is 0 Å². The van der Waals surface area contributed by atoms with E-state index in [4.69, 9.17) is 0 Å². The van der Waals surface area contributed by atoms with Gasteiger partial charge in [0.2, 0.25) is 0 Å². The first kappa shape index (κ1) is 103. The maximum Gasteiger partial charge on any atom is 0.0580 e. The van der Waals surface area contributed by atoms with E-state index in [9.17, 15) is 0 Å². The van der Waals surface area contributed by atoms with Crippen LogP contribution in [0, 0.1) is 0 Å². The molecule has 4 aliphatic rings. The highest BCUT2D eigenvalue weighted by Crippen LogP contribution is 2.54. The summed E-state index contributed by atoms with van der Waals surface area (Å²) in [6.45, 7) is 61.0. The van der Waals surface area contributed by atoms with Crippen LogP contribution in [0.2, 0.25) is 0 Å². The van der Waals surface area contributed by atoms with Crippen LogP contribution in [0.3, 0.4) is 0 Å². The van der Waals surface area contributed by atoms with Crippen molar-refractivity contribution in [3.8, 4) is 44.5 Å². The quantitative estimate of drug-likeness (QED) is 0.167. The number of aromatic nitrogens is 4. The van der Waals surface area contributed by atoms with Crippen molar-refractivity contribution in [2.75, 3.05) is 0 Å². The van der Waals surface area contributed by atoms with E-state index >= 15 is 0 Å². The first-order valence-electron chi connectivity index (χ1n) is 52.4. The van der Waals surface area contributed by atoms with E-state index < -0.39 is 0 Å². The number of fused-ring (bicyclic) bond motifs is 39. The third-order valence-electron chi connectivity index (χ3n) is 25.9. The van der Waals surface area contributed by atoms with Gasteiger partial charge < -0.3 is 18.3 Å². The lowest BCUT2D eigenvalue weighted by molar-refractivity contribution is 0.827. The van der Waals surface area contributed by atoms with Gasteiger partial charge in [-0.25, -0.2) is 0 Å². The van der Waals surface area contributed by atoms with Gasteiger partial charge in [0.1, 0.15) is 0 Å². The van der Waals surface area contributed by atoms with Gasteiger partial charge in [-0.1, -0.05) is 439 Å². The van der Waals surface area contributed by atoms with Crippen molar-refractivity contribution in [1.82, 2.24) is 18.3 Å². The zero-order valence-corrected chi connectivity index (χ0v) is 87.5. The second-order valence-corrected chi connectivity index (χ2v) is 31.4. The Bertz CT molecular complexity index is 7810. The molecule has 0 radical (unpaired) electrons. The molecule has 4 aliphatic carbocycles. The van der Waals surface area contributed by atoms with E-state index in [1.54, 1.807) is 0 Å². The highest BCUT2D eigenvalue weighted by atomic mass is 15.0. The summed E-state index contributed by atoms with van der Waals surface area (Å²) in [6.07, 6.45) is 4.11. The molecule has 4 nitrogen and oxygen atoms in total. The van der Waals surface area contributed by atoms with Crippen molar-refractivity contribution in [1.29, 1.82) is 0 Å². The number of rotatable bonds is 4. The normalized spacial score (nSPS) is 11.1. The number of hydrogen-bond donors (Lipinski definition) is 0. The zero-order valence-electron chi connectivity index (χ0n) is 87.5. The van der Waals surface area contributed by atoms with Crippen LogP contribution < -0.4 is 0 Å². The fourth-order valence-electron chi connectivity index (χ4n) is 21.2. The lowest BCUT2D eigenvalue weighted by Crippen LogP contribution is -1.96. The monoisotopic (exact) mass is 1790 g/mol. The van der Waals surface area contributed by atoms with Crippen molar-refractivity contribution in [2.24, 2.45) is 0 Å². The molecule has 700 valence electrons. The molecule has 0 aliphatic heterocycles. The van der Waals surface area contributed by atoms with Gasteiger partial charge in [-0.2, -0.15) is 0 Å². The van der Waals surface area contributed by atoms with Crippen LogP contribution in [0.25, 0.3) is 196 Å². The fourth-order valence-corrected chi connectivity index (χ4v) is 21.2. The Hall–Kier alpha value is -13.3. The summed E-state index contributed by atoms with van der Waals surface area (Å²) in [5, 5.41) is 27.2. The topological polar surface area (TPSA) is 19.7 Å². The van der Waals surface area contributed by atoms with Gasteiger partial charge in [-0.05, 0) is 227 Å². The van der Waals surface area contributed by atoms with Crippen LogP contribution in [-0.2, 0) is 51.9 Å². The molecule has 0 amide bonds. The van der Waals surface area contributed by atoms with E-state index in [2.05, 4.69) is 361 Å². The summed E-state index contributed by atoms with van der Waals surface area (Å²) < 4.78 is 10.1. The van der Waals surface area contributed by atoms with Crippen molar-refractivity contribution < 1.29 is 0 Å². The molecular formula is C132H152N4. The minimum Gasteiger partial charge on any atom is -0.340 e. The summed E-state index contributed by atoms with van der Waals surface area (Å²) in [5.41, 5.74) is 34.2. The molecule has 0 spiro atoms. The van der Waals surface area contributed by atoms with Gasteiger partial charge in [0, 0.05) is 114 Å². The average Bonchev–Trinajstić information content (AvgIpc) is 1.54. The molecule has 0 unspecified atom stereocenters. The summed E-state index contributed by atoms with van der Waals surface area (Å²) in [6, 6.07) is 117. The van der Waals surface area contributed by atoms with Gasteiger partial charge >= 0.3 is 0 Å². The smallest absolute Gasteiger partial charge is 0.0580 e. The summed E-state index contributed by atoms with van der Waals surface area (Å²) in [5.74, 6) is 0. The fraction of sp³-hybridized carbons (Fsp3) is 0.273. The van der Waals surface area contributed by atoms with E-state index in [0.29, 0.717) is 0 Å². The Morgan fingerprint density at radius 3 is 0.949 bits per heavy atom. The first-order chi connectivity index (χ1) is 67.4. The lowest BCUT2D eigenvalue weighted by Gasteiger charge is -2.13. The second-order valence-electron chi connectivity index (χ2n) is 31.4. The molecule has 0 saturated heterocycles. The molecule has 0 saturated carbocycles. The minimum atomic E-state index is 0.964. The SMILES string of the molecule is CC.CC.CC.CC.CC.CC.CC.CC.CC.CC.CC.CC.CCn1c2cc3ccccc3cc2c2c3ccccc3c3c(c21)-c1ccccc1C3.CCn1c2ccccc2c2c3ccccc3c3c(c21)-c1cc2ccccc2cc1C3.CCn1c2ccccc2c2ccc3c(c21)-c1c(ccc2ccccc12)C3.CCn1c2ccccc2c2ccc3c(c21)-c1cc2ccccc2cc1C3. The molecule has 18 aromatic carbocycles. The minimum absolute atomic E-state index is 0.964. The van der Waals surface area contributed by atoms with Crippen LogP contribution in [-0.4, -0.2) is 18.3 Å². The van der Waals surface area contributed by atoms with Crippen LogP contribution in [0.4, 0.5) is 0 Å². The number of para-hydroxylation sites is 3. The number of nitrogens with zero attached hydrogens (tertiary/aromatic N) is 4. The Morgan fingerprint density at radius 2 is 0.471 bits per heavy atom. The van der Waals surface area contributed by atoms with Gasteiger partial charge in [-0.15, -0.1) is 0 Å². The highest BCUT2D eigenvalue weighted by Gasteiger charge is 2.32. The summed E-state index contributed by atoms with van der Waals surface area (Å²) in [4.78, 5) is 0. The molecule has 22 aromatic rings. The Morgan fingerprint density at radius 1 is 0.169 bits per heavy atom.